The molecule has 3 N–H and O–H groups in total. The number of nitrogens with one attached hydrogen (secondary N) is 1. The maximum absolute atomic E-state index is 5.90. The van der Waals surface area contributed by atoms with Gasteiger partial charge in [0.15, 0.2) is 5.11 Å². The van der Waals surface area contributed by atoms with Gasteiger partial charge in [-0.25, -0.2) is 0 Å². The van der Waals surface area contributed by atoms with E-state index in [4.69, 9.17) is 33.7 Å². The van der Waals surface area contributed by atoms with E-state index in [9.17, 15) is 0 Å². The van der Waals surface area contributed by atoms with Crippen LogP contribution in [0.4, 0.5) is 0 Å². The van der Waals surface area contributed by atoms with Crippen molar-refractivity contribution in [1.82, 2.24) is 5.43 Å². The predicted molar refractivity (Wildman–Crippen MR) is 70.4 cm³/mol. The summed E-state index contributed by atoms with van der Waals surface area (Å²) in [5, 5.41) is 4.61. The molecule has 1 aromatic rings. The molecule has 0 aliphatic carbocycles. The van der Waals surface area contributed by atoms with Gasteiger partial charge in [-0.3, -0.25) is 5.43 Å². The van der Waals surface area contributed by atoms with Crippen molar-refractivity contribution in [2.75, 3.05) is 6.61 Å². The number of rotatable bonds is 4. The summed E-state index contributed by atoms with van der Waals surface area (Å²) in [5.41, 5.74) is 7.55. The highest BCUT2D eigenvalue weighted by Gasteiger charge is 2.03. The van der Waals surface area contributed by atoms with Crippen LogP contribution in [0.25, 0.3) is 0 Å². The summed E-state index contributed by atoms with van der Waals surface area (Å²) in [6, 6.07) is 5.14. The smallest absolute Gasteiger partial charge is 0.184 e. The summed E-state index contributed by atoms with van der Waals surface area (Å²) >= 11 is 16.3. The molecule has 0 heterocycles. The van der Waals surface area contributed by atoms with Crippen molar-refractivity contribution in [3.05, 3.63) is 28.2 Å². The third kappa shape index (κ3) is 4.22. The molecule has 0 radical (unpaired) electrons. The zero-order valence-electron chi connectivity index (χ0n) is 8.11. The molecule has 1 aromatic carbocycles. The van der Waals surface area contributed by atoms with E-state index < -0.39 is 0 Å². The Labute approximate surface area is 108 Å². The molecule has 0 saturated carbocycles. The lowest BCUT2D eigenvalue weighted by Gasteiger charge is -2.05. The quantitative estimate of drug-likeness (QED) is 0.503. The highest BCUT2D eigenvalue weighted by Crippen LogP contribution is 2.31. The largest absolute Gasteiger partial charge is 0.486 e. The lowest BCUT2D eigenvalue weighted by Crippen LogP contribution is -2.24. The Balaban J connectivity index is 2.46. The van der Waals surface area contributed by atoms with E-state index in [1.54, 1.807) is 18.2 Å². The molecule has 7 heteroatoms. The van der Waals surface area contributed by atoms with Crippen LogP contribution in [0.3, 0.4) is 0 Å². The number of hydrogen-bond donors (Lipinski definition) is 2. The molecule has 4 nitrogen and oxygen atoms in total. The van der Waals surface area contributed by atoms with Crippen LogP contribution in [0.5, 0.6) is 5.75 Å². The molecule has 86 valence electrons. The summed E-state index contributed by atoms with van der Waals surface area (Å²) < 4.78 is 5.31. The molecule has 0 aliphatic rings. The molecule has 0 atom stereocenters. The zero-order chi connectivity index (χ0) is 12.0. The van der Waals surface area contributed by atoms with Gasteiger partial charge in [0.1, 0.15) is 17.4 Å². The third-order valence-corrected chi connectivity index (χ3v) is 2.39. The highest BCUT2D eigenvalue weighted by molar-refractivity contribution is 7.80. The Hall–Kier alpha value is -1.04. The number of nitrogens with two attached hydrogens (primary N) is 1. The summed E-state index contributed by atoms with van der Waals surface area (Å²) in [4.78, 5) is 0. The first-order valence-electron chi connectivity index (χ1n) is 4.25. The van der Waals surface area contributed by atoms with Crippen LogP contribution in [-0.4, -0.2) is 17.9 Å². The topological polar surface area (TPSA) is 59.6 Å². The Morgan fingerprint density at radius 2 is 2.31 bits per heavy atom. The van der Waals surface area contributed by atoms with Gasteiger partial charge in [0.05, 0.1) is 11.2 Å². The van der Waals surface area contributed by atoms with E-state index >= 15 is 0 Å². The van der Waals surface area contributed by atoms with E-state index in [1.807, 2.05) is 0 Å². The van der Waals surface area contributed by atoms with Crippen molar-refractivity contribution in [1.29, 1.82) is 0 Å². The lowest BCUT2D eigenvalue weighted by atomic mass is 10.3. The van der Waals surface area contributed by atoms with Crippen LogP contribution in [-0.2, 0) is 0 Å². The fraction of sp³-hybridized carbons (Fsp3) is 0.111. The molecule has 0 unspecified atom stereocenters. The minimum atomic E-state index is 0.0945. The second-order valence-corrected chi connectivity index (χ2v) is 3.88. The normalized spacial score (nSPS) is 10.4. The molecule has 0 spiro atoms. The predicted octanol–water partition coefficient (Wildman–Crippen LogP) is 2.19. The maximum atomic E-state index is 5.90. The van der Waals surface area contributed by atoms with Gasteiger partial charge in [0.25, 0.3) is 0 Å². The second kappa shape index (κ2) is 6.52. The summed E-state index contributed by atoms with van der Waals surface area (Å²) in [5.74, 6) is 0.496. The van der Waals surface area contributed by atoms with Gasteiger partial charge in [-0.05, 0) is 24.4 Å². The Morgan fingerprint density at radius 1 is 1.56 bits per heavy atom. The first-order valence-corrected chi connectivity index (χ1v) is 5.41. The number of nitrogens with zero attached hydrogens (tertiary/aromatic N) is 1. The number of benzene rings is 1. The summed E-state index contributed by atoms with van der Waals surface area (Å²) in [6.07, 6.45) is 1.47. The van der Waals surface area contributed by atoms with Crippen molar-refractivity contribution >= 4 is 46.7 Å². The number of ether oxygens (including phenoxy) is 1. The highest BCUT2D eigenvalue weighted by atomic mass is 35.5. The fourth-order valence-corrected chi connectivity index (χ4v) is 1.27. The second-order valence-electron chi connectivity index (χ2n) is 2.65. The van der Waals surface area contributed by atoms with E-state index in [2.05, 4.69) is 22.7 Å². The number of thiocarbonyl (C=S) groups is 1. The van der Waals surface area contributed by atoms with Gasteiger partial charge < -0.3 is 10.5 Å². The molecule has 0 saturated heterocycles. The molecule has 0 aromatic heterocycles. The molecular formula is C9H9Cl2N3OS. The molecule has 0 bridgehead atoms. The standard InChI is InChI=1S/C9H9Cl2N3OS/c10-6-2-1-3-7(8(6)11)15-5-4-13-14-9(12)16/h1-4H,5H2,(H3,12,14,16)/b13-4+. The van der Waals surface area contributed by atoms with Crippen LogP contribution in [0.2, 0.25) is 10.0 Å². The Kier molecular flexibility index (Phi) is 5.31. The van der Waals surface area contributed by atoms with E-state index in [0.29, 0.717) is 15.8 Å². The Morgan fingerprint density at radius 3 is 3.00 bits per heavy atom. The van der Waals surface area contributed by atoms with Crippen LogP contribution in [0.1, 0.15) is 0 Å². The average Bonchev–Trinajstić information content (AvgIpc) is 2.23. The van der Waals surface area contributed by atoms with Gasteiger partial charge in [-0.15, -0.1) is 0 Å². The Bertz CT molecular complexity index is 412. The average molecular weight is 278 g/mol. The lowest BCUT2D eigenvalue weighted by molar-refractivity contribution is 0.380. The van der Waals surface area contributed by atoms with Crippen molar-refractivity contribution < 1.29 is 4.74 Å². The third-order valence-electron chi connectivity index (χ3n) is 1.50. The molecule has 0 amide bonds. The number of hydrazone groups is 1. The summed E-state index contributed by atoms with van der Waals surface area (Å²) in [7, 11) is 0. The minimum absolute atomic E-state index is 0.0945. The van der Waals surface area contributed by atoms with Crippen LogP contribution in [0.15, 0.2) is 23.3 Å². The van der Waals surface area contributed by atoms with Crippen molar-refractivity contribution in [3.8, 4) is 5.75 Å². The SMILES string of the molecule is NC(=S)N/N=C/COc1cccc(Cl)c1Cl. The molecule has 16 heavy (non-hydrogen) atoms. The fourth-order valence-electron chi connectivity index (χ4n) is 0.869. The van der Waals surface area contributed by atoms with Crippen molar-refractivity contribution in [2.45, 2.75) is 0 Å². The minimum Gasteiger partial charge on any atom is -0.486 e. The van der Waals surface area contributed by atoms with Gasteiger partial charge in [0, 0.05) is 0 Å². The van der Waals surface area contributed by atoms with E-state index in [-0.39, 0.29) is 11.7 Å². The summed E-state index contributed by atoms with van der Waals surface area (Å²) in [6.45, 7) is 0.232. The molecule has 1 rings (SSSR count). The van der Waals surface area contributed by atoms with Crippen LogP contribution >= 0.6 is 35.4 Å². The van der Waals surface area contributed by atoms with Gasteiger partial charge in [-0.2, -0.15) is 5.10 Å². The van der Waals surface area contributed by atoms with Crippen LogP contribution in [0, 0.1) is 0 Å². The van der Waals surface area contributed by atoms with Crippen LogP contribution < -0.4 is 15.9 Å². The van der Waals surface area contributed by atoms with Gasteiger partial charge in [0.2, 0.25) is 0 Å². The molecule has 0 fully saturated rings. The van der Waals surface area contributed by atoms with Gasteiger partial charge >= 0.3 is 0 Å². The first kappa shape index (κ1) is 13.0. The maximum Gasteiger partial charge on any atom is 0.184 e. The zero-order valence-corrected chi connectivity index (χ0v) is 10.4. The van der Waals surface area contributed by atoms with Gasteiger partial charge in [-0.1, -0.05) is 29.3 Å². The number of hydrogen-bond acceptors (Lipinski definition) is 3. The van der Waals surface area contributed by atoms with E-state index in [1.165, 1.54) is 6.21 Å². The number of halogens is 2. The van der Waals surface area contributed by atoms with Crippen molar-refractivity contribution in [3.63, 3.8) is 0 Å². The van der Waals surface area contributed by atoms with Crippen molar-refractivity contribution in [2.24, 2.45) is 10.8 Å². The van der Waals surface area contributed by atoms with E-state index in [0.717, 1.165) is 0 Å². The monoisotopic (exact) mass is 277 g/mol. The molecular weight excluding hydrogens is 269 g/mol. The molecule has 0 aliphatic heterocycles. The first-order chi connectivity index (χ1) is 7.61.